The summed E-state index contributed by atoms with van der Waals surface area (Å²) in [5.74, 6) is 1.50. The highest BCUT2D eigenvalue weighted by Gasteiger charge is 2.35. The van der Waals surface area contributed by atoms with Gasteiger partial charge < -0.3 is 9.47 Å². The normalized spacial score (nSPS) is 36.0. The zero-order chi connectivity index (χ0) is 11.4. The number of ether oxygens (including phenoxy) is 2. The molecule has 1 rings (SSSR count). The highest BCUT2D eigenvalue weighted by Crippen LogP contribution is 2.35. The smallest absolute Gasteiger partial charge is 0.435 e. The van der Waals surface area contributed by atoms with Crippen molar-refractivity contribution in [3.05, 3.63) is 0 Å². The standard InChI is InChI=1S/C12H22O3/c1-5-14-12(13)15-11-9(3)7-6-8(2)10(11)4/h8-11H,5-7H2,1-4H3. The van der Waals surface area contributed by atoms with Crippen LogP contribution in [0.1, 0.15) is 40.5 Å². The van der Waals surface area contributed by atoms with Gasteiger partial charge in [-0.2, -0.15) is 0 Å². The summed E-state index contributed by atoms with van der Waals surface area (Å²) in [6, 6.07) is 0. The van der Waals surface area contributed by atoms with Crippen molar-refractivity contribution in [2.24, 2.45) is 17.8 Å². The van der Waals surface area contributed by atoms with Crippen LogP contribution in [0.5, 0.6) is 0 Å². The molecule has 3 heteroatoms. The molecule has 0 radical (unpaired) electrons. The van der Waals surface area contributed by atoms with Crippen molar-refractivity contribution in [1.82, 2.24) is 0 Å². The van der Waals surface area contributed by atoms with Crippen molar-refractivity contribution in [2.45, 2.75) is 46.6 Å². The SMILES string of the molecule is CCOC(=O)OC1C(C)CCC(C)C1C. The third-order valence-electron chi connectivity index (χ3n) is 3.55. The van der Waals surface area contributed by atoms with Crippen LogP contribution in [0.2, 0.25) is 0 Å². The van der Waals surface area contributed by atoms with E-state index in [1.165, 1.54) is 6.42 Å². The Morgan fingerprint density at radius 1 is 1.20 bits per heavy atom. The molecule has 3 nitrogen and oxygen atoms in total. The summed E-state index contributed by atoms with van der Waals surface area (Å²) in [5.41, 5.74) is 0. The fraction of sp³-hybridized carbons (Fsp3) is 0.917. The fourth-order valence-corrected chi connectivity index (χ4v) is 2.28. The third kappa shape index (κ3) is 3.11. The highest BCUT2D eigenvalue weighted by atomic mass is 16.7. The van der Waals surface area contributed by atoms with E-state index in [1.54, 1.807) is 6.92 Å². The van der Waals surface area contributed by atoms with Gasteiger partial charge in [-0.3, -0.25) is 0 Å². The molecule has 88 valence electrons. The molecule has 1 saturated carbocycles. The van der Waals surface area contributed by atoms with Crippen LogP contribution in [0.25, 0.3) is 0 Å². The minimum absolute atomic E-state index is 0.0211. The first-order valence-electron chi connectivity index (χ1n) is 5.89. The van der Waals surface area contributed by atoms with Crippen LogP contribution in [0.3, 0.4) is 0 Å². The molecule has 0 heterocycles. The number of rotatable bonds is 2. The Kier molecular flexibility index (Phi) is 4.43. The van der Waals surface area contributed by atoms with Crippen molar-refractivity contribution >= 4 is 6.16 Å². The summed E-state index contributed by atoms with van der Waals surface area (Å²) in [6.45, 7) is 8.69. The Morgan fingerprint density at radius 3 is 2.40 bits per heavy atom. The van der Waals surface area contributed by atoms with Gasteiger partial charge in [0.05, 0.1) is 6.61 Å². The molecule has 0 N–H and O–H groups in total. The average molecular weight is 214 g/mol. The molecule has 0 aromatic carbocycles. The predicted octanol–water partition coefficient (Wildman–Crippen LogP) is 3.23. The molecule has 15 heavy (non-hydrogen) atoms. The van der Waals surface area contributed by atoms with Crippen LogP contribution in [0, 0.1) is 17.8 Å². The third-order valence-corrected chi connectivity index (χ3v) is 3.55. The Hall–Kier alpha value is -0.730. The molecular weight excluding hydrogens is 192 g/mol. The lowest BCUT2D eigenvalue weighted by Crippen LogP contribution is -2.38. The summed E-state index contributed by atoms with van der Waals surface area (Å²) in [7, 11) is 0. The topological polar surface area (TPSA) is 35.5 Å². The Bertz CT molecular complexity index is 215. The maximum atomic E-state index is 11.3. The van der Waals surface area contributed by atoms with Crippen molar-refractivity contribution in [3.8, 4) is 0 Å². The second kappa shape index (κ2) is 5.38. The number of hydrogen-bond acceptors (Lipinski definition) is 3. The van der Waals surface area contributed by atoms with Gasteiger partial charge in [-0.05, 0) is 37.5 Å². The van der Waals surface area contributed by atoms with Gasteiger partial charge >= 0.3 is 6.16 Å². The van der Waals surface area contributed by atoms with E-state index < -0.39 is 6.16 Å². The average Bonchev–Trinajstić information content (AvgIpc) is 2.19. The summed E-state index contributed by atoms with van der Waals surface area (Å²) in [5, 5.41) is 0. The second-order valence-corrected chi connectivity index (χ2v) is 4.66. The zero-order valence-electron chi connectivity index (χ0n) is 10.2. The molecule has 0 aromatic heterocycles. The zero-order valence-corrected chi connectivity index (χ0v) is 10.2. The van der Waals surface area contributed by atoms with Gasteiger partial charge in [0, 0.05) is 0 Å². The van der Waals surface area contributed by atoms with E-state index in [1.807, 2.05) is 0 Å². The Labute approximate surface area is 92.1 Å². The fourth-order valence-electron chi connectivity index (χ4n) is 2.28. The highest BCUT2D eigenvalue weighted by molar-refractivity contribution is 5.60. The maximum absolute atomic E-state index is 11.3. The largest absolute Gasteiger partial charge is 0.508 e. The maximum Gasteiger partial charge on any atom is 0.508 e. The van der Waals surface area contributed by atoms with Crippen molar-refractivity contribution in [3.63, 3.8) is 0 Å². The van der Waals surface area contributed by atoms with Crippen molar-refractivity contribution < 1.29 is 14.3 Å². The summed E-state index contributed by atoms with van der Waals surface area (Å²) < 4.78 is 10.2. The van der Waals surface area contributed by atoms with Crippen LogP contribution in [0.4, 0.5) is 4.79 Å². The van der Waals surface area contributed by atoms with Crippen LogP contribution < -0.4 is 0 Å². The predicted molar refractivity (Wildman–Crippen MR) is 58.6 cm³/mol. The van der Waals surface area contributed by atoms with E-state index in [9.17, 15) is 4.79 Å². The Morgan fingerprint density at radius 2 is 1.80 bits per heavy atom. The molecule has 1 aliphatic carbocycles. The van der Waals surface area contributed by atoms with Gasteiger partial charge in [0.2, 0.25) is 0 Å². The molecule has 0 spiro atoms. The van der Waals surface area contributed by atoms with Crippen LogP contribution >= 0.6 is 0 Å². The van der Waals surface area contributed by atoms with Gasteiger partial charge in [0.25, 0.3) is 0 Å². The van der Waals surface area contributed by atoms with Crippen LogP contribution in [0.15, 0.2) is 0 Å². The van der Waals surface area contributed by atoms with E-state index >= 15 is 0 Å². The van der Waals surface area contributed by atoms with E-state index in [-0.39, 0.29) is 6.10 Å². The van der Waals surface area contributed by atoms with E-state index in [2.05, 4.69) is 20.8 Å². The molecule has 1 fully saturated rings. The van der Waals surface area contributed by atoms with Gasteiger partial charge in [-0.15, -0.1) is 0 Å². The van der Waals surface area contributed by atoms with Gasteiger partial charge in [0.15, 0.2) is 0 Å². The van der Waals surface area contributed by atoms with E-state index in [0.29, 0.717) is 24.4 Å². The van der Waals surface area contributed by atoms with Crippen LogP contribution in [-0.2, 0) is 9.47 Å². The summed E-state index contributed by atoms with van der Waals surface area (Å²) in [4.78, 5) is 11.3. The van der Waals surface area contributed by atoms with Gasteiger partial charge in [-0.25, -0.2) is 4.79 Å². The minimum atomic E-state index is -0.518. The van der Waals surface area contributed by atoms with Crippen LogP contribution in [-0.4, -0.2) is 18.9 Å². The Balaban J connectivity index is 2.53. The summed E-state index contributed by atoms with van der Waals surface area (Å²) in [6.07, 6.45) is 1.86. The van der Waals surface area contributed by atoms with Crippen molar-refractivity contribution in [2.75, 3.05) is 6.61 Å². The molecule has 4 unspecified atom stereocenters. The first-order chi connectivity index (χ1) is 7.06. The monoisotopic (exact) mass is 214 g/mol. The minimum Gasteiger partial charge on any atom is -0.435 e. The molecule has 1 aliphatic rings. The molecule has 0 aliphatic heterocycles. The lowest BCUT2D eigenvalue weighted by atomic mass is 9.74. The molecule has 0 bridgehead atoms. The lowest BCUT2D eigenvalue weighted by molar-refractivity contribution is -0.0439. The van der Waals surface area contributed by atoms with Gasteiger partial charge in [-0.1, -0.05) is 20.8 Å². The van der Waals surface area contributed by atoms with E-state index in [4.69, 9.17) is 9.47 Å². The number of hydrogen-bond donors (Lipinski definition) is 0. The molecule has 4 atom stereocenters. The molecule has 0 amide bonds. The van der Waals surface area contributed by atoms with E-state index in [0.717, 1.165) is 6.42 Å². The number of carbonyl (C=O) groups is 1. The van der Waals surface area contributed by atoms with Crippen molar-refractivity contribution in [1.29, 1.82) is 0 Å². The van der Waals surface area contributed by atoms with Gasteiger partial charge in [0.1, 0.15) is 6.10 Å². The lowest BCUT2D eigenvalue weighted by Gasteiger charge is -2.37. The molecule has 0 aromatic rings. The first-order valence-corrected chi connectivity index (χ1v) is 5.89. The molecule has 0 saturated heterocycles. The summed E-state index contributed by atoms with van der Waals surface area (Å²) >= 11 is 0. The second-order valence-electron chi connectivity index (χ2n) is 4.66. The number of carbonyl (C=O) groups excluding carboxylic acids is 1. The quantitative estimate of drug-likeness (QED) is 0.662. The molecular formula is C12H22O3. The first kappa shape index (κ1) is 12.3.